The Morgan fingerprint density at radius 3 is 2.66 bits per heavy atom. The van der Waals surface area contributed by atoms with Gasteiger partial charge in [-0.2, -0.15) is 13.2 Å². The summed E-state index contributed by atoms with van der Waals surface area (Å²) in [5.41, 5.74) is 2.52. The highest BCUT2D eigenvalue weighted by molar-refractivity contribution is 5.97. The number of halogens is 3. The first kappa shape index (κ1) is 20.0. The first-order valence-electron chi connectivity index (χ1n) is 9.67. The largest absolute Gasteiger partial charge is 0.496 e. The number of imidazole rings is 1. The molecule has 0 atom stereocenters. The third-order valence-electron chi connectivity index (χ3n) is 5.48. The summed E-state index contributed by atoms with van der Waals surface area (Å²) in [5, 5.41) is 11.0. The predicted molar refractivity (Wildman–Crippen MR) is 108 cm³/mol. The predicted octanol–water partition coefficient (Wildman–Crippen LogP) is 3.47. The van der Waals surface area contributed by atoms with E-state index in [1.165, 1.54) is 13.2 Å². The summed E-state index contributed by atoms with van der Waals surface area (Å²) in [6.45, 7) is 3.93. The number of alkyl halides is 3. The number of benzene rings is 1. The van der Waals surface area contributed by atoms with Crippen LogP contribution in [0.15, 0.2) is 30.5 Å². The maximum atomic E-state index is 13.2. The van der Waals surface area contributed by atoms with Crippen LogP contribution in [0.1, 0.15) is 33.1 Å². The lowest BCUT2D eigenvalue weighted by molar-refractivity contribution is -0.137. The van der Waals surface area contributed by atoms with Crippen LogP contribution in [-0.4, -0.2) is 37.2 Å². The molecule has 0 saturated carbocycles. The van der Waals surface area contributed by atoms with Crippen LogP contribution in [0.2, 0.25) is 0 Å². The molecular formula is C21H17F3N6O2. The molecular weight excluding hydrogens is 425 g/mol. The van der Waals surface area contributed by atoms with Gasteiger partial charge in [0.25, 0.3) is 5.91 Å². The van der Waals surface area contributed by atoms with Crippen molar-refractivity contribution in [3.8, 4) is 22.8 Å². The lowest BCUT2D eigenvalue weighted by Gasteiger charge is -2.16. The van der Waals surface area contributed by atoms with Crippen molar-refractivity contribution in [2.45, 2.75) is 26.6 Å². The monoisotopic (exact) mass is 442 g/mol. The Hall–Kier alpha value is -3.89. The summed E-state index contributed by atoms with van der Waals surface area (Å²) >= 11 is 0. The van der Waals surface area contributed by atoms with Gasteiger partial charge in [-0.05, 0) is 43.7 Å². The lowest BCUT2D eigenvalue weighted by atomic mass is 10.1. The number of aromatic nitrogens is 5. The molecule has 3 aromatic heterocycles. The molecule has 0 spiro atoms. The van der Waals surface area contributed by atoms with Crippen molar-refractivity contribution in [3.05, 3.63) is 58.8 Å². The molecule has 1 aliphatic heterocycles. The number of methoxy groups -OCH3 is 1. The number of rotatable bonds is 3. The Morgan fingerprint density at radius 1 is 1.16 bits per heavy atom. The third kappa shape index (κ3) is 2.92. The van der Waals surface area contributed by atoms with Gasteiger partial charge in [0, 0.05) is 6.20 Å². The van der Waals surface area contributed by atoms with Crippen molar-refractivity contribution in [1.29, 1.82) is 0 Å². The molecule has 0 unspecified atom stereocenters. The van der Waals surface area contributed by atoms with Gasteiger partial charge in [-0.25, -0.2) is 4.98 Å². The van der Waals surface area contributed by atoms with Gasteiger partial charge in [0.05, 0.1) is 36.2 Å². The maximum Gasteiger partial charge on any atom is 0.416 e. The van der Waals surface area contributed by atoms with Crippen LogP contribution in [0.25, 0.3) is 22.7 Å². The number of carbonyl (C=O) groups is 1. The molecule has 0 saturated heterocycles. The van der Waals surface area contributed by atoms with Gasteiger partial charge in [-0.3, -0.25) is 13.8 Å². The molecule has 1 aliphatic rings. The molecule has 4 aromatic rings. The number of carbonyl (C=O) groups excluding carboxylic acids is 1. The lowest BCUT2D eigenvalue weighted by Crippen LogP contribution is -2.15. The van der Waals surface area contributed by atoms with E-state index in [0.717, 1.165) is 17.7 Å². The van der Waals surface area contributed by atoms with Crippen molar-refractivity contribution >= 4 is 11.6 Å². The standard InChI is InChI=1S/C21H17F3N6O2/c1-10-6-13(9-29-11(2)27-28-18(10)29)30-15-8-25-20(31)17(15)26-19(30)14-5-4-12(21(22,23)24)7-16(14)32-3/h4-7,9H,8H2,1-3H3,(H,25,31). The number of hydrogen-bond acceptors (Lipinski definition) is 5. The molecule has 0 fully saturated rings. The van der Waals surface area contributed by atoms with E-state index < -0.39 is 11.7 Å². The van der Waals surface area contributed by atoms with Crippen LogP contribution in [0.3, 0.4) is 0 Å². The zero-order valence-electron chi connectivity index (χ0n) is 17.3. The van der Waals surface area contributed by atoms with E-state index >= 15 is 0 Å². The first-order valence-corrected chi connectivity index (χ1v) is 9.67. The van der Waals surface area contributed by atoms with Crippen LogP contribution in [0, 0.1) is 13.8 Å². The van der Waals surface area contributed by atoms with Gasteiger partial charge in [0.15, 0.2) is 11.3 Å². The van der Waals surface area contributed by atoms with Gasteiger partial charge in [-0.1, -0.05) is 0 Å². The molecule has 8 nitrogen and oxygen atoms in total. The van der Waals surface area contributed by atoms with Crippen molar-refractivity contribution in [1.82, 2.24) is 29.5 Å². The number of nitrogens with one attached hydrogen (secondary N) is 1. The first-order chi connectivity index (χ1) is 15.2. The van der Waals surface area contributed by atoms with E-state index in [0.29, 0.717) is 34.2 Å². The number of hydrogen-bond donors (Lipinski definition) is 1. The second-order valence-corrected chi connectivity index (χ2v) is 7.48. The highest BCUT2D eigenvalue weighted by Crippen LogP contribution is 2.39. The second kappa shape index (κ2) is 6.81. The van der Waals surface area contributed by atoms with Crippen molar-refractivity contribution in [2.24, 2.45) is 0 Å². The topological polar surface area (TPSA) is 86.3 Å². The van der Waals surface area contributed by atoms with Gasteiger partial charge < -0.3 is 10.1 Å². The molecule has 5 rings (SSSR count). The normalized spacial score (nSPS) is 13.5. The zero-order chi connectivity index (χ0) is 22.8. The summed E-state index contributed by atoms with van der Waals surface area (Å²) in [5.74, 6) is 0.636. The second-order valence-electron chi connectivity index (χ2n) is 7.48. The van der Waals surface area contributed by atoms with E-state index in [1.807, 2.05) is 30.5 Å². The molecule has 1 aromatic carbocycles. The number of aryl methyl sites for hydroxylation is 2. The molecule has 0 aliphatic carbocycles. The molecule has 164 valence electrons. The number of pyridine rings is 1. The third-order valence-corrected chi connectivity index (χ3v) is 5.48. The van der Waals surface area contributed by atoms with Crippen LogP contribution in [-0.2, 0) is 12.7 Å². The highest BCUT2D eigenvalue weighted by Gasteiger charge is 2.34. The minimum atomic E-state index is -4.52. The summed E-state index contributed by atoms with van der Waals surface area (Å²) in [7, 11) is 1.30. The van der Waals surface area contributed by atoms with Crippen LogP contribution in [0.4, 0.5) is 13.2 Å². The minimum Gasteiger partial charge on any atom is -0.496 e. The van der Waals surface area contributed by atoms with E-state index in [4.69, 9.17) is 4.74 Å². The maximum absolute atomic E-state index is 13.2. The average Bonchev–Trinajstić information content (AvgIpc) is 3.42. The fourth-order valence-electron chi connectivity index (χ4n) is 3.93. The Labute approximate surface area is 179 Å². The van der Waals surface area contributed by atoms with Crippen molar-refractivity contribution < 1.29 is 22.7 Å². The zero-order valence-corrected chi connectivity index (χ0v) is 17.3. The van der Waals surface area contributed by atoms with E-state index in [1.54, 1.807) is 4.57 Å². The quantitative estimate of drug-likeness (QED) is 0.525. The Morgan fingerprint density at radius 2 is 1.94 bits per heavy atom. The average molecular weight is 442 g/mol. The van der Waals surface area contributed by atoms with Gasteiger partial charge in [-0.15, -0.1) is 10.2 Å². The molecule has 1 amide bonds. The summed E-state index contributed by atoms with van der Waals surface area (Å²) in [6, 6.07) is 5.08. The summed E-state index contributed by atoms with van der Waals surface area (Å²) in [4.78, 5) is 16.8. The Balaban J connectivity index is 1.79. The van der Waals surface area contributed by atoms with Gasteiger partial charge in [0.2, 0.25) is 0 Å². The molecule has 0 bridgehead atoms. The molecule has 32 heavy (non-hydrogen) atoms. The molecule has 11 heteroatoms. The summed E-state index contributed by atoms with van der Waals surface area (Å²) < 4.78 is 48.5. The van der Waals surface area contributed by atoms with E-state index in [-0.39, 0.29) is 23.9 Å². The fraction of sp³-hybridized carbons (Fsp3) is 0.238. The van der Waals surface area contributed by atoms with Crippen molar-refractivity contribution in [3.63, 3.8) is 0 Å². The van der Waals surface area contributed by atoms with Crippen molar-refractivity contribution in [2.75, 3.05) is 7.11 Å². The number of fused-ring (bicyclic) bond motifs is 2. The smallest absolute Gasteiger partial charge is 0.416 e. The SMILES string of the molecule is COc1cc(C(F)(F)F)ccc1-c1nc2c(n1-c1cc(C)c3nnc(C)n3c1)CNC2=O. The van der Waals surface area contributed by atoms with E-state index in [9.17, 15) is 18.0 Å². The number of ether oxygens (including phenoxy) is 1. The van der Waals surface area contributed by atoms with Crippen LogP contribution >= 0.6 is 0 Å². The fourth-order valence-corrected chi connectivity index (χ4v) is 3.93. The van der Waals surface area contributed by atoms with E-state index in [2.05, 4.69) is 20.5 Å². The van der Waals surface area contributed by atoms with Crippen LogP contribution in [0.5, 0.6) is 5.75 Å². The van der Waals surface area contributed by atoms with Crippen LogP contribution < -0.4 is 10.1 Å². The number of amides is 1. The van der Waals surface area contributed by atoms with Gasteiger partial charge in [0.1, 0.15) is 17.4 Å². The molecule has 4 heterocycles. The minimum absolute atomic E-state index is 0.00318. The Kier molecular flexibility index (Phi) is 4.26. The molecule has 1 N–H and O–H groups in total. The van der Waals surface area contributed by atoms with Gasteiger partial charge >= 0.3 is 6.18 Å². The highest BCUT2D eigenvalue weighted by atomic mass is 19.4. The Bertz CT molecular complexity index is 1400. The molecule has 0 radical (unpaired) electrons. The summed E-state index contributed by atoms with van der Waals surface area (Å²) in [6.07, 6.45) is -2.71. The number of nitrogens with zero attached hydrogens (tertiary/aromatic N) is 5.